The maximum Gasteiger partial charge on any atom is 0.252 e. The molecule has 56 heavy (non-hydrogen) atoms. The lowest BCUT2D eigenvalue weighted by molar-refractivity contribution is -0.145. The van der Waals surface area contributed by atoms with Gasteiger partial charge in [-0.15, -0.1) is 0 Å². The van der Waals surface area contributed by atoms with Crippen LogP contribution in [0.5, 0.6) is 5.75 Å². The Kier molecular flexibility index (Phi) is 8.08. The van der Waals surface area contributed by atoms with Gasteiger partial charge in [0.15, 0.2) is 28.6 Å². The van der Waals surface area contributed by atoms with E-state index in [1.54, 1.807) is 0 Å². The van der Waals surface area contributed by atoms with Gasteiger partial charge in [0.1, 0.15) is 34.0 Å². The Bertz CT molecular complexity index is 2570. The summed E-state index contributed by atoms with van der Waals surface area (Å²) in [6.45, 7) is 3.90. The largest absolute Gasteiger partial charge is 0.469 e. The van der Waals surface area contributed by atoms with Crippen LogP contribution in [0, 0.1) is 5.92 Å². The highest BCUT2D eigenvalue weighted by Gasteiger charge is 2.61. The summed E-state index contributed by atoms with van der Waals surface area (Å²) in [6, 6.07) is 19.6. The highest BCUT2D eigenvalue weighted by atomic mass is 35.5. The molecule has 4 bridgehead atoms. The Morgan fingerprint density at radius 2 is 1.75 bits per heavy atom. The fraction of sp³-hybridized carbons (Fsp3) is 0.333. The molecule has 1 saturated carbocycles. The van der Waals surface area contributed by atoms with E-state index in [0.29, 0.717) is 35.1 Å². The number of aromatic nitrogens is 3. The van der Waals surface area contributed by atoms with Crippen LogP contribution in [0.3, 0.4) is 0 Å². The third-order valence-electron chi connectivity index (χ3n) is 11.8. The summed E-state index contributed by atoms with van der Waals surface area (Å²) in [7, 11) is 0. The Balaban J connectivity index is 1.18. The molecule has 1 fully saturated rings. The zero-order chi connectivity index (χ0) is 38.5. The van der Waals surface area contributed by atoms with Crippen LogP contribution in [-0.2, 0) is 21.4 Å². The Hall–Kier alpha value is -5.30. The SMILES string of the molecule is CC(C)[C@@H]1NC(=O)[C@@H](NC(=O)C2(O)CCCCC2)Cc2ccc3c(c2)C2(c4ccccc4NC2O3)c2oc1nc2-c1nc(Cl)c(-c2c(Cl)[nH]c3ccccc23)o1. The maximum atomic E-state index is 14.4. The molecule has 0 saturated heterocycles. The van der Waals surface area contributed by atoms with Crippen molar-refractivity contribution in [2.24, 2.45) is 5.92 Å². The van der Waals surface area contributed by atoms with Gasteiger partial charge in [-0.25, -0.2) is 4.98 Å². The molecule has 1 aliphatic carbocycles. The molecule has 2 unspecified atom stereocenters. The van der Waals surface area contributed by atoms with Crippen molar-refractivity contribution in [2.45, 2.75) is 81.7 Å². The second kappa shape index (κ2) is 12.9. The van der Waals surface area contributed by atoms with E-state index in [-0.39, 0.29) is 40.7 Å². The average Bonchev–Trinajstić information content (AvgIpc) is 3.99. The van der Waals surface area contributed by atoms with Crippen molar-refractivity contribution < 1.29 is 28.3 Å². The molecule has 5 N–H and O–H groups in total. The highest BCUT2D eigenvalue weighted by molar-refractivity contribution is 6.37. The molecule has 12 nitrogen and oxygen atoms in total. The summed E-state index contributed by atoms with van der Waals surface area (Å²) in [6.07, 6.45) is 2.60. The van der Waals surface area contributed by atoms with Crippen LogP contribution >= 0.6 is 23.2 Å². The van der Waals surface area contributed by atoms with Crippen molar-refractivity contribution >= 4 is 51.6 Å². The van der Waals surface area contributed by atoms with Crippen LogP contribution in [0.2, 0.25) is 10.3 Å². The summed E-state index contributed by atoms with van der Waals surface area (Å²) in [5.74, 6) is 0.355. The number of oxazole rings is 2. The minimum atomic E-state index is -1.54. The molecular formula is C42H38Cl2N6O6. The van der Waals surface area contributed by atoms with Crippen molar-refractivity contribution in [1.82, 2.24) is 25.6 Å². The predicted molar refractivity (Wildman–Crippen MR) is 210 cm³/mol. The first kappa shape index (κ1) is 35.1. The van der Waals surface area contributed by atoms with Crippen molar-refractivity contribution in [3.8, 4) is 28.7 Å². The average molecular weight is 794 g/mol. The molecule has 3 aromatic heterocycles. The Morgan fingerprint density at radius 3 is 2.57 bits per heavy atom. The van der Waals surface area contributed by atoms with E-state index in [9.17, 15) is 14.7 Å². The van der Waals surface area contributed by atoms with Gasteiger partial charge in [0, 0.05) is 28.6 Å². The van der Waals surface area contributed by atoms with Crippen molar-refractivity contribution in [3.05, 3.63) is 105 Å². The molecule has 14 heteroatoms. The van der Waals surface area contributed by atoms with Crippen LogP contribution in [0.25, 0.3) is 33.8 Å². The monoisotopic (exact) mass is 792 g/mol. The number of para-hydroxylation sites is 2. The molecule has 1 spiro atoms. The second-order valence-electron chi connectivity index (χ2n) is 15.6. The number of hydrogen-bond acceptors (Lipinski definition) is 9. The van der Waals surface area contributed by atoms with E-state index < -0.39 is 41.1 Å². The van der Waals surface area contributed by atoms with Crippen molar-refractivity contribution in [1.29, 1.82) is 0 Å². The summed E-state index contributed by atoms with van der Waals surface area (Å²) in [5, 5.41) is 22.2. The van der Waals surface area contributed by atoms with Crippen LogP contribution in [0.1, 0.15) is 80.3 Å². The second-order valence-corrected chi connectivity index (χ2v) is 16.3. The third kappa shape index (κ3) is 5.22. The highest BCUT2D eigenvalue weighted by Crippen LogP contribution is 2.59. The molecule has 2 amide bonds. The minimum Gasteiger partial charge on any atom is -0.469 e. The number of halogens is 2. The number of ether oxygens (including phenoxy) is 1. The topological polar surface area (TPSA) is 168 Å². The molecular weight excluding hydrogens is 755 g/mol. The number of hydrogen-bond donors (Lipinski definition) is 5. The van der Waals surface area contributed by atoms with E-state index in [1.165, 1.54) is 0 Å². The number of H-pyrrole nitrogens is 1. The molecule has 10 rings (SSSR count). The molecule has 3 aromatic carbocycles. The first-order valence-corrected chi connectivity index (χ1v) is 19.7. The van der Waals surface area contributed by atoms with Gasteiger partial charge in [-0.2, -0.15) is 4.98 Å². The van der Waals surface area contributed by atoms with Gasteiger partial charge in [-0.1, -0.05) is 105 Å². The van der Waals surface area contributed by atoms with E-state index in [1.807, 2.05) is 80.6 Å². The molecule has 4 aliphatic rings. The normalized spacial score (nSPS) is 23.4. The molecule has 6 aromatic rings. The van der Waals surface area contributed by atoms with Gasteiger partial charge in [0.25, 0.3) is 11.8 Å². The van der Waals surface area contributed by atoms with Crippen LogP contribution in [0.4, 0.5) is 5.69 Å². The third-order valence-corrected chi connectivity index (χ3v) is 12.4. The number of benzene rings is 3. The number of aliphatic hydroxyl groups is 1. The maximum absolute atomic E-state index is 14.4. The number of nitrogens with one attached hydrogen (secondary N) is 4. The minimum absolute atomic E-state index is 0.0799. The van der Waals surface area contributed by atoms with Gasteiger partial charge in [-0.3, -0.25) is 9.59 Å². The van der Waals surface area contributed by atoms with Crippen LogP contribution in [-0.4, -0.2) is 49.7 Å². The quantitative estimate of drug-likeness (QED) is 0.117. The van der Waals surface area contributed by atoms with Gasteiger partial charge < -0.3 is 39.6 Å². The fourth-order valence-electron chi connectivity index (χ4n) is 8.99. The number of rotatable bonds is 5. The lowest BCUT2D eigenvalue weighted by atomic mass is 9.72. The molecule has 0 radical (unpaired) electrons. The number of fused-ring (bicyclic) bond motifs is 5. The first-order valence-electron chi connectivity index (χ1n) is 19.0. The number of aromatic amines is 1. The number of anilines is 1. The summed E-state index contributed by atoms with van der Waals surface area (Å²) in [5.41, 5.74) is 2.27. The summed E-state index contributed by atoms with van der Waals surface area (Å²) >= 11 is 13.7. The fourth-order valence-corrected chi connectivity index (χ4v) is 9.49. The Labute approximate surface area is 331 Å². The predicted octanol–water partition coefficient (Wildman–Crippen LogP) is 7.81. The van der Waals surface area contributed by atoms with E-state index in [0.717, 1.165) is 52.5 Å². The molecule has 3 aliphatic heterocycles. The number of nitrogens with zero attached hydrogens (tertiary/aromatic N) is 2. The Morgan fingerprint density at radius 1 is 0.964 bits per heavy atom. The summed E-state index contributed by atoms with van der Waals surface area (Å²) < 4.78 is 20.2. The summed E-state index contributed by atoms with van der Waals surface area (Å²) in [4.78, 5) is 41.1. The lowest BCUT2D eigenvalue weighted by Crippen LogP contribution is -2.56. The molecule has 4 atom stereocenters. The smallest absolute Gasteiger partial charge is 0.252 e. The molecule has 6 heterocycles. The van der Waals surface area contributed by atoms with Gasteiger partial charge in [0.05, 0.1) is 5.56 Å². The number of carbonyl (C=O) groups is 2. The van der Waals surface area contributed by atoms with E-state index >= 15 is 0 Å². The van der Waals surface area contributed by atoms with E-state index in [2.05, 4.69) is 20.9 Å². The van der Waals surface area contributed by atoms with E-state index in [4.69, 9.17) is 46.7 Å². The lowest BCUT2D eigenvalue weighted by Gasteiger charge is -2.33. The van der Waals surface area contributed by atoms with Crippen molar-refractivity contribution in [3.63, 3.8) is 0 Å². The van der Waals surface area contributed by atoms with Crippen LogP contribution in [0.15, 0.2) is 75.6 Å². The standard InChI is InChI=1S/C42H38Cl2N6O6/c1-20(2)30-37-49-31(38-50-35(44)32(55-38)29-22-10-4-6-12-25(22)45-34(29)43)33(56-37)42-23-11-5-7-13-26(23)47-40(42)54-28-15-14-21(18-24(28)42)19-27(36(51)48-30)46-39(52)41(53)16-8-3-9-17-41/h4-7,10-15,18,20,27,30,40,45,47,53H,3,8-9,16-17,19H2,1-2H3,(H,46,52)(H,48,51)/t27-,30-,40?,42?/m0/s1. The zero-order valence-electron chi connectivity index (χ0n) is 30.5. The van der Waals surface area contributed by atoms with Crippen molar-refractivity contribution in [2.75, 3.05) is 5.32 Å². The zero-order valence-corrected chi connectivity index (χ0v) is 32.1. The van der Waals surface area contributed by atoms with Crippen LogP contribution < -0.4 is 20.7 Å². The number of carbonyl (C=O) groups excluding carboxylic acids is 2. The van der Waals surface area contributed by atoms with Gasteiger partial charge >= 0.3 is 0 Å². The van der Waals surface area contributed by atoms with Gasteiger partial charge in [-0.05, 0) is 48.1 Å². The molecule has 286 valence electrons. The number of amides is 2. The first-order chi connectivity index (χ1) is 27.0. The van der Waals surface area contributed by atoms with Gasteiger partial charge in [0.2, 0.25) is 11.8 Å².